The number of nitrogens with zero attached hydrogens (tertiary/aromatic N) is 1. The van der Waals surface area contributed by atoms with E-state index in [1.807, 2.05) is 30.5 Å². The van der Waals surface area contributed by atoms with E-state index < -0.39 is 17.9 Å². The van der Waals surface area contributed by atoms with Gasteiger partial charge in [-0.05, 0) is 49.8 Å². The molecule has 0 radical (unpaired) electrons. The van der Waals surface area contributed by atoms with Crippen LogP contribution in [0.2, 0.25) is 0 Å². The fraction of sp³-hybridized carbons (Fsp3) is 0.118. The van der Waals surface area contributed by atoms with Crippen LogP contribution in [0.4, 0.5) is 4.79 Å². The Bertz CT molecular complexity index is 909. The number of hydrogen-bond donors (Lipinski definition) is 3. The molecular weight excluding hydrogens is 310 g/mol. The number of nitrogens with one attached hydrogen (secondary N) is 2. The van der Waals surface area contributed by atoms with Gasteiger partial charge in [-0.25, -0.2) is 9.59 Å². The number of imide groups is 1. The van der Waals surface area contributed by atoms with E-state index in [0.717, 1.165) is 22.6 Å². The number of rotatable bonds is 3. The molecule has 0 unspecified atom stereocenters. The van der Waals surface area contributed by atoms with Crippen LogP contribution in [0.1, 0.15) is 27.3 Å². The summed E-state index contributed by atoms with van der Waals surface area (Å²) in [5.74, 6) is -1.47. The highest BCUT2D eigenvalue weighted by Crippen LogP contribution is 2.23. The molecule has 24 heavy (non-hydrogen) atoms. The monoisotopic (exact) mass is 325 g/mol. The molecule has 0 saturated carbocycles. The van der Waals surface area contributed by atoms with E-state index in [-0.39, 0.29) is 11.3 Å². The Hall–Kier alpha value is -3.35. The molecule has 122 valence electrons. The number of aromatic carboxylic acids is 1. The van der Waals surface area contributed by atoms with Crippen molar-refractivity contribution in [3.8, 4) is 5.69 Å². The standard InChI is InChI=1S/C17H15N3O4/c1-9-6-12(8-14-15(21)19-17(24)18-14)10(2)20(9)13-5-3-4-11(7-13)16(22)23/h3-8H,1-2H3,(H,22,23)(H2,18,19,21,24)/b14-8-. The van der Waals surface area contributed by atoms with Crippen molar-refractivity contribution in [3.63, 3.8) is 0 Å². The maximum atomic E-state index is 11.6. The van der Waals surface area contributed by atoms with Crippen molar-refractivity contribution < 1.29 is 19.5 Å². The zero-order chi connectivity index (χ0) is 17.4. The highest BCUT2D eigenvalue weighted by atomic mass is 16.4. The van der Waals surface area contributed by atoms with E-state index in [1.165, 1.54) is 6.07 Å². The number of aromatic nitrogens is 1. The minimum atomic E-state index is -0.994. The number of carbonyl (C=O) groups is 3. The van der Waals surface area contributed by atoms with Crippen LogP contribution in [0.15, 0.2) is 36.0 Å². The van der Waals surface area contributed by atoms with Crippen molar-refractivity contribution in [2.75, 3.05) is 0 Å². The highest BCUT2D eigenvalue weighted by Gasteiger charge is 2.23. The number of benzene rings is 1. The molecule has 0 bridgehead atoms. The van der Waals surface area contributed by atoms with E-state index in [9.17, 15) is 14.4 Å². The predicted molar refractivity (Wildman–Crippen MR) is 86.9 cm³/mol. The molecule has 1 aliphatic heterocycles. The van der Waals surface area contributed by atoms with Crippen molar-refractivity contribution in [3.05, 3.63) is 58.5 Å². The van der Waals surface area contributed by atoms with Gasteiger partial charge in [0.15, 0.2) is 0 Å². The molecule has 0 atom stereocenters. The van der Waals surface area contributed by atoms with Gasteiger partial charge in [0.05, 0.1) is 5.56 Å². The number of carboxylic acids is 1. The number of carbonyl (C=O) groups excluding carboxylic acids is 2. The van der Waals surface area contributed by atoms with Crippen LogP contribution in [0, 0.1) is 13.8 Å². The minimum Gasteiger partial charge on any atom is -0.478 e. The summed E-state index contributed by atoms with van der Waals surface area (Å²) in [5.41, 5.74) is 3.57. The molecular formula is C17H15N3O4. The van der Waals surface area contributed by atoms with Crippen molar-refractivity contribution >= 4 is 24.0 Å². The normalized spacial score (nSPS) is 15.5. The van der Waals surface area contributed by atoms with Gasteiger partial charge in [0.2, 0.25) is 0 Å². The lowest BCUT2D eigenvalue weighted by molar-refractivity contribution is -0.115. The maximum Gasteiger partial charge on any atom is 0.335 e. The molecule has 1 aromatic heterocycles. The Morgan fingerprint density at radius 1 is 1.17 bits per heavy atom. The fourth-order valence-electron chi connectivity index (χ4n) is 2.75. The number of hydrogen-bond acceptors (Lipinski definition) is 3. The van der Waals surface area contributed by atoms with Crippen LogP contribution in [0.3, 0.4) is 0 Å². The minimum absolute atomic E-state index is 0.180. The van der Waals surface area contributed by atoms with Crippen LogP contribution in [0.5, 0.6) is 0 Å². The van der Waals surface area contributed by atoms with Gasteiger partial charge in [-0.15, -0.1) is 0 Å². The first kappa shape index (κ1) is 15.5. The first-order chi connectivity index (χ1) is 11.4. The van der Waals surface area contributed by atoms with Crippen LogP contribution in [-0.4, -0.2) is 27.6 Å². The molecule has 1 fully saturated rings. The molecule has 2 heterocycles. The molecule has 7 heteroatoms. The maximum absolute atomic E-state index is 11.6. The SMILES string of the molecule is Cc1cc(/C=C2\NC(=O)NC2=O)c(C)n1-c1cccc(C(=O)O)c1. The van der Waals surface area contributed by atoms with E-state index in [1.54, 1.807) is 18.2 Å². The fourth-order valence-corrected chi connectivity index (χ4v) is 2.75. The van der Waals surface area contributed by atoms with Gasteiger partial charge in [-0.2, -0.15) is 0 Å². The lowest BCUT2D eigenvalue weighted by Crippen LogP contribution is -2.22. The molecule has 3 amide bonds. The van der Waals surface area contributed by atoms with Crippen LogP contribution in [-0.2, 0) is 4.79 Å². The number of carboxylic acid groups (broad SMARTS) is 1. The summed E-state index contributed by atoms with van der Waals surface area (Å²) in [6.07, 6.45) is 1.60. The van der Waals surface area contributed by atoms with Gasteiger partial charge in [0.25, 0.3) is 5.91 Å². The second kappa shape index (κ2) is 5.69. The first-order valence-electron chi connectivity index (χ1n) is 7.23. The smallest absolute Gasteiger partial charge is 0.335 e. The van der Waals surface area contributed by atoms with E-state index in [0.29, 0.717) is 0 Å². The molecule has 2 aromatic rings. The Morgan fingerprint density at radius 3 is 2.54 bits per heavy atom. The average molecular weight is 325 g/mol. The van der Waals surface area contributed by atoms with Crippen molar-refractivity contribution in [1.82, 2.24) is 15.2 Å². The first-order valence-corrected chi connectivity index (χ1v) is 7.23. The molecule has 7 nitrogen and oxygen atoms in total. The van der Waals surface area contributed by atoms with Crippen LogP contribution in [0.25, 0.3) is 11.8 Å². The van der Waals surface area contributed by atoms with Crippen molar-refractivity contribution in [2.24, 2.45) is 0 Å². The zero-order valence-electron chi connectivity index (χ0n) is 13.1. The molecule has 3 rings (SSSR count). The number of aryl methyl sites for hydroxylation is 1. The summed E-state index contributed by atoms with van der Waals surface area (Å²) in [7, 11) is 0. The summed E-state index contributed by atoms with van der Waals surface area (Å²) in [4.78, 5) is 34.0. The third-order valence-corrected chi connectivity index (χ3v) is 3.84. The quantitative estimate of drug-likeness (QED) is 0.593. The summed E-state index contributed by atoms with van der Waals surface area (Å²) in [5, 5.41) is 13.7. The van der Waals surface area contributed by atoms with Gasteiger partial charge >= 0.3 is 12.0 Å². The van der Waals surface area contributed by atoms with Gasteiger partial charge in [0.1, 0.15) is 5.70 Å². The van der Waals surface area contributed by atoms with Crippen molar-refractivity contribution in [2.45, 2.75) is 13.8 Å². The largest absolute Gasteiger partial charge is 0.478 e. The predicted octanol–water partition coefficient (Wildman–Crippen LogP) is 1.97. The third-order valence-electron chi connectivity index (χ3n) is 3.84. The highest BCUT2D eigenvalue weighted by molar-refractivity contribution is 6.14. The number of amides is 3. The second-order valence-electron chi connectivity index (χ2n) is 5.48. The van der Waals surface area contributed by atoms with Gasteiger partial charge in [-0.3, -0.25) is 10.1 Å². The third kappa shape index (κ3) is 2.67. The summed E-state index contributed by atoms with van der Waals surface area (Å²) < 4.78 is 1.90. The average Bonchev–Trinajstić information content (AvgIpc) is 2.98. The van der Waals surface area contributed by atoms with E-state index in [4.69, 9.17) is 5.11 Å². The molecule has 0 spiro atoms. The lowest BCUT2D eigenvalue weighted by Gasteiger charge is -2.10. The van der Waals surface area contributed by atoms with Gasteiger partial charge in [0, 0.05) is 17.1 Å². The topological polar surface area (TPSA) is 100 Å². The summed E-state index contributed by atoms with van der Waals surface area (Å²) >= 11 is 0. The Kier molecular flexibility index (Phi) is 3.69. The van der Waals surface area contributed by atoms with E-state index in [2.05, 4.69) is 10.6 Å². The Morgan fingerprint density at radius 2 is 1.92 bits per heavy atom. The molecule has 1 saturated heterocycles. The second-order valence-corrected chi connectivity index (χ2v) is 5.48. The zero-order valence-corrected chi connectivity index (χ0v) is 13.1. The lowest BCUT2D eigenvalue weighted by atomic mass is 10.2. The summed E-state index contributed by atoms with van der Waals surface area (Å²) in [6, 6.07) is 7.93. The number of urea groups is 1. The Labute approximate surface area is 137 Å². The molecule has 3 N–H and O–H groups in total. The molecule has 0 aliphatic carbocycles. The van der Waals surface area contributed by atoms with Crippen molar-refractivity contribution in [1.29, 1.82) is 0 Å². The molecule has 1 aliphatic rings. The van der Waals surface area contributed by atoms with Crippen LogP contribution >= 0.6 is 0 Å². The Balaban J connectivity index is 2.06. The molecule has 1 aromatic carbocycles. The van der Waals surface area contributed by atoms with E-state index >= 15 is 0 Å². The van der Waals surface area contributed by atoms with Crippen LogP contribution < -0.4 is 10.6 Å². The summed E-state index contributed by atoms with van der Waals surface area (Å²) in [6.45, 7) is 3.75. The van der Waals surface area contributed by atoms with Gasteiger partial charge in [-0.1, -0.05) is 6.07 Å². The van der Waals surface area contributed by atoms with Gasteiger partial charge < -0.3 is 15.0 Å².